The summed E-state index contributed by atoms with van der Waals surface area (Å²) >= 11 is 0. The lowest BCUT2D eigenvalue weighted by Gasteiger charge is -2.19. The van der Waals surface area contributed by atoms with Crippen LogP contribution in [0.25, 0.3) is 0 Å². The van der Waals surface area contributed by atoms with E-state index < -0.39 is 0 Å². The molecule has 0 aliphatic carbocycles. The number of hydrogen-bond acceptors (Lipinski definition) is 3. The van der Waals surface area contributed by atoms with Crippen molar-refractivity contribution >= 4 is 11.6 Å². The number of amides is 1. The quantitative estimate of drug-likeness (QED) is 0.931. The lowest BCUT2D eigenvalue weighted by molar-refractivity contribution is 0.0786. The van der Waals surface area contributed by atoms with E-state index in [1.807, 2.05) is 0 Å². The van der Waals surface area contributed by atoms with Crippen molar-refractivity contribution < 1.29 is 9.18 Å². The van der Waals surface area contributed by atoms with Crippen molar-refractivity contribution in [3.63, 3.8) is 0 Å². The number of halogens is 1. The fourth-order valence-corrected chi connectivity index (χ4v) is 1.92. The predicted octanol–water partition coefficient (Wildman–Crippen LogP) is 2.53. The van der Waals surface area contributed by atoms with Gasteiger partial charge >= 0.3 is 0 Å². The molecule has 104 valence electrons. The molecular weight excluding hydrogens is 257 g/mol. The molecule has 4 nitrogen and oxygen atoms in total. The summed E-state index contributed by atoms with van der Waals surface area (Å²) in [6.07, 6.45) is 3.19. The summed E-state index contributed by atoms with van der Waals surface area (Å²) < 4.78 is 12.9. The van der Waals surface area contributed by atoms with Crippen LogP contribution >= 0.6 is 0 Å². The van der Waals surface area contributed by atoms with Gasteiger partial charge in [-0.15, -0.1) is 0 Å². The molecular formula is C15H16FN3O. The molecule has 1 amide bonds. The normalized spacial score (nSPS) is 10.2. The van der Waals surface area contributed by atoms with Crippen molar-refractivity contribution in [1.82, 2.24) is 9.88 Å². The molecule has 5 heteroatoms. The van der Waals surface area contributed by atoms with E-state index in [0.29, 0.717) is 17.8 Å². The Morgan fingerprint density at radius 3 is 2.65 bits per heavy atom. The topological polar surface area (TPSA) is 45.2 Å². The summed E-state index contributed by atoms with van der Waals surface area (Å²) in [7, 11) is 3.46. The summed E-state index contributed by atoms with van der Waals surface area (Å²) in [6.45, 7) is 0.421. The molecule has 0 bridgehead atoms. The molecule has 0 fully saturated rings. The second kappa shape index (κ2) is 6.14. The van der Waals surface area contributed by atoms with E-state index >= 15 is 0 Å². The zero-order chi connectivity index (χ0) is 14.5. The van der Waals surface area contributed by atoms with Crippen molar-refractivity contribution in [2.24, 2.45) is 0 Å². The minimum absolute atomic E-state index is 0.110. The molecule has 20 heavy (non-hydrogen) atoms. The third-order valence-electron chi connectivity index (χ3n) is 3.00. The Balaban J connectivity index is 2.14. The van der Waals surface area contributed by atoms with Crippen LogP contribution in [0.1, 0.15) is 15.9 Å². The highest BCUT2D eigenvalue weighted by Crippen LogP contribution is 2.16. The lowest BCUT2D eigenvalue weighted by atomic mass is 10.1. The van der Waals surface area contributed by atoms with Crippen molar-refractivity contribution in [1.29, 1.82) is 0 Å². The van der Waals surface area contributed by atoms with Crippen molar-refractivity contribution in [3.05, 3.63) is 59.7 Å². The highest BCUT2D eigenvalue weighted by Gasteiger charge is 2.15. The van der Waals surface area contributed by atoms with Gasteiger partial charge in [0.2, 0.25) is 0 Å². The fraction of sp³-hybridized carbons (Fsp3) is 0.200. The van der Waals surface area contributed by atoms with Crippen molar-refractivity contribution in [2.75, 3.05) is 19.4 Å². The van der Waals surface area contributed by atoms with Gasteiger partial charge in [0, 0.05) is 26.8 Å². The van der Waals surface area contributed by atoms with Gasteiger partial charge in [-0.25, -0.2) is 4.39 Å². The predicted molar refractivity (Wildman–Crippen MR) is 76.0 cm³/mol. The highest BCUT2D eigenvalue weighted by atomic mass is 19.1. The third kappa shape index (κ3) is 3.12. The maximum Gasteiger partial charge on any atom is 0.256 e. The van der Waals surface area contributed by atoms with E-state index in [1.165, 1.54) is 12.1 Å². The number of rotatable bonds is 4. The number of nitrogens with zero attached hydrogens (tertiary/aromatic N) is 2. The van der Waals surface area contributed by atoms with Crippen LogP contribution in [0.4, 0.5) is 10.1 Å². The second-order valence-corrected chi connectivity index (χ2v) is 4.46. The number of aromatic nitrogens is 1. The Morgan fingerprint density at radius 1 is 1.30 bits per heavy atom. The van der Waals surface area contributed by atoms with Crippen LogP contribution in [0.5, 0.6) is 0 Å². The zero-order valence-electron chi connectivity index (χ0n) is 11.4. The SMILES string of the molecule is CNc1cnccc1C(=O)N(C)Cc1ccc(F)cc1. The molecule has 1 N–H and O–H groups in total. The lowest BCUT2D eigenvalue weighted by Crippen LogP contribution is -2.27. The van der Waals surface area contributed by atoms with E-state index in [0.717, 1.165) is 5.56 Å². The summed E-state index contributed by atoms with van der Waals surface area (Å²) in [4.78, 5) is 17.9. The monoisotopic (exact) mass is 273 g/mol. The van der Waals surface area contributed by atoms with Crippen molar-refractivity contribution in [2.45, 2.75) is 6.54 Å². The number of anilines is 1. The first-order chi connectivity index (χ1) is 9.61. The number of hydrogen-bond donors (Lipinski definition) is 1. The molecule has 2 aromatic rings. The molecule has 1 heterocycles. The first-order valence-electron chi connectivity index (χ1n) is 6.23. The van der Waals surface area contributed by atoms with E-state index in [2.05, 4.69) is 10.3 Å². The fourth-order valence-electron chi connectivity index (χ4n) is 1.92. The number of carbonyl (C=O) groups is 1. The summed E-state index contributed by atoms with van der Waals surface area (Å²) in [6, 6.07) is 7.79. The van der Waals surface area contributed by atoms with Gasteiger partial charge in [0.05, 0.1) is 17.4 Å². The van der Waals surface area contributed by atoms with Gasteiger partial charge in [-0.3, -0.25) is 9.78 Å². The zero-order valence-corrected chi connectivity index (χ0v) is 11.4. The van der Waals surface area contributed by atoms with Crippen molar-refractivity contribution in [3.8, 4) is 0 Å². The van der Waals surface area contributed by atoms with E-state index in [-0.39, 0.29) is 11.7 Å². The standard InChI is InChI=1S/C15H16FN3O/c1-17-14-9-18-8-7-13(14)15(20)19(2)10-11-3-5-12(16)6-4-11/h3-9,17H,10H2,1-2H3. The third-order valence-corrected chi connectivity index (χ3v) is 3.00. The average molecular weight is 273 g/mol. The smallest absolute Gasteiger partial charge is 0.256 e. The van der Waals surface area contributed by atoms with Crippen LogP contribution in [0.3, 0.4) is 0 Å². The molecule has 0 atom stereocenters. The summed E-state index contributed by atoms with van der Waals surface area (Å²) in [5.74, 6) is -0.393. The van der Waals surface area contributed by atoms with Gasteiger partial charge in [0.1, 0.15) is 5.82 Å². The van der Waals surface area contributed by atoms with Gasteiger partial charge in [-0.1, -0.05) is 12.1 Å². The maximum absolute atomic E-state index is 12.9. The Bertz CT molecular complexity index is 598. The second-order valence-electron chi connectivity index (χ2n) is 4.46. The van der Waals surface area contributed by atoms with Gasteiger partial charge in [0.15, 0.2) is 0 Å². The van der Waals surface area contributed by atoms with E-state index in [1.54, 1.807) is 49.6 Å². The van der Waals surface area contributed by atoms with Gasteiger partial charge < -0.3 is 10.2 Å². The molecule has 2 rings (SSSR count). The van der Waals surface area contributed by atoms with Gasteiger partial charge in [0.25, 0.3) is 5.91 Å². The molecule has 1 aromatic heterocycles. The maximum atomic E-state index is 12.9. The van der Waals surface area contributed by atoms with Crippen LogP contribution in [0.2, 0.25) is 0 Å². The van der Waals surface area contributed by atoms with E-state index in [9.17, 15) is 9.18 Å². The molecule has 0 aliphatic heterocycles. The summed E-state index contributed by atoms with van der Waals surface area (Å²) in [5, 5.41) is 2.94. The van der Waals surface area contributed by atoms with Gasteiger partial charge in [-0.05, 0) is 23.8 Å². The minimum atomic E-state index is -0.283. The first kappa shape index (κ1) is 14.0. The molecule has 0 saturated heterocycles. The molecule has 0 aliphatic rings. The van der Waals surface area contributed by atoms with Crippen LogP contribution in [-0.2, 0) is 6.54 Å². The van der Waals surface area contributed by atoms with Crippen LogP contribution < -0.4 is 5.32 Å². The molecule has 1 aromatic carbocycles. The van der Waals surface area contributed by atoms with Crippen LogP contribution in [-0.4, -0.2) is 29.9 Å². The summed E-state index contributed by atoms with van der Waals surface area (Å²) in [5.41, 5.74) is 2.12. The van der Waals surface area contributed by atoms with E-state index in [4.69, 9.17) is 0 Å². The van der Waals surface area contributed by atoms with Crippen LogP contribution in [0.15, 0.2) is 42.7 Å². The molecule has 0 unspecified atom stereocenters. The Kier molecular flexibility index (Phi) is 4.30. The van der Waals surface area contributed by atoms with Gasteiger partial charge in [-0.2, -0.15) is 0 Å². The number of benzene rings is 1. The largest absolute Gasteiger partial charge is 0.386 e. The highest BCUT2D eigenvalue weighted by molar-refractivity contribution is 5.99. The first-order valence-corrected chi connectivity index (χ1v) is 6.23. The number of pyridine rings is 1. The Hall–Kier alpha value is -2.43. The van der Waals surface area contributed by atoms with Crippen LogP contribution in [0, 0.1) is 5.82 Å². The Morgan fingerprint density at radius 2 is 2.00 bits per heavy atom. The number of nitrogens with one attached hydrogen (secondary N) is 1. The molecule has 0 saturated carbocycles. The molecule has 0 spiro atoms. The number of carbonyl (C=O) groups excluding carboxylic acids is 1. The average Bonchev–Trinajstić information content (AvgIpc) is 2.48. The molecule has 0 radical (unpaired) electrons. The Labute approximate surface area is 117 Å². The minimum Gasteiger partial charge on any atom is -0.386 e.